The Morgan fingerprint density at radius 1 is 0.500 bits per heavy atom. The molecular weight excluding hydrogens is 649 g/mol. The van der Waals surface area contributed by atoms with Crippen LogP contribution in [0.1, 0.15) is 81.1 Å². The van der Waals surface area contributed by atoms with Crippen LogP contribution in [0.3, 0.4) is 0 Å². The molecule has 0 bridgehead atoms. The standard InChI is InChI=1S/C44H56O4Si2/c1-9-23-41(49(43(3,4)5,35-25-15-11-16-26-35)36-27-17-12-18-28-36)47-39(45)33-34-40(46)48-42(24-10-2)50(44(6,7)8,37-29-19-13-20-30-37)38-31-21-14-22-32-38/h11-22,25-34,41-42H,9-10,23-24H2,1-8H3/b34-33+. The van der Waals surface area contributed by atoms with Crippen molar-refractivity contribution in [2.75, 3.05) is 0 Å². The number of rotatable bonds is 14. The van der Waals surface area contributed by atoms with Crippen LogP contribution in [0.2, 0.25) is 10.1 Å². The predicted octanol–water partition coefficient (Wildman–Crippen LogP) is 8.17. The molecule has 2 unspecified atom stereocenters. The molecule has 6 heteroatoms. The van der Waals surface area contributed by atoms with Gasteiger partial charge in [-0.15, -0.1) is 0 Å². The first kappa shape index (κ1) is 38.8. The molecule has 264 valence electrons. The first-order chi connectivity index (χ1) is 23.8. The van der Waals surface area contributed by atoms with E-state index >= 15 is 0 Å². The lowest BCUT2D eigenvalue weighted by Gasteiger charge is -2.48. The molecule has 0 aliphatic rings. The summed E-state index contributed by atoms with van der Waals surface area (Å²) in [4.78, 5) is 27.6. The van der Waals surface area contributed by atoms with Gasteiger partial charge in [0.1, 0.15) is 11.5 Å². The van der Waals surface area contributed by atoms with Crippen molar-refractivity contribution in [1.82, 2.24) is 0 Å². The van der Waals surface area contributed by atoms with Crippen molar-refractivity contribution in [2.45, 2.75) is 103 Å². The van der Waals surface area contributed by atoms with E-state index in [9.17, 15) is 9.59 Å². The van der Waals surface area contributed by atoms with E-state index in [0.717, 1.165) is 12.8 Å². The molecule has 0 radical (unpaired) electrons. The lowest BCUT2D eigenvalue weighted by molar-refractivity contribution is -0.143. The molecule has 4 rings (SSSR count). The van der Waals surface area contributed by atoms with Crippen molar-refractivity contribution in [1.29, 1.82) is 0 Å². The van der Waals surface area contributed by atoms with Gasteiger partial charge < -0.3 is 9.47 Å². The number of benzene rings is 4. The van der Waals surface area contributed by atoms with Crippen LogP contribution in [-0.4, -0.2) is 39.5 Å². The van der Waals surface area contributed by atoms with Crippen LogP contribution in [0.15, 0.2) is 133 Å². The average molecular weight is 705 g/mol. The zero-order chi connectivity index (χ0) is 36.4. The second-order valence-electron chi connectivity index (χ2n) is 15.3. The van der Waals surface area contributed by atoms with E-state index in [1.54, 1.807) is 0 Å². The van der Waals surface area contributed by atoms with Crippen molar-refractivity contribution < 1.29 is 19.1 Å². The number of ether oxygens (including phenoxy) is 2. The quantitative estimate of drug-likeness (QED) is 0.0755. The van der Waals surface area contributed by atoms with Gasteiger partial charge in [-0.05, 0) is 43.7 Å². The third kappa shape index (κ3) is 7.97. The van der Waals surface area contributed by atoms with Gasteiger partial charge in [0.05, 0.1) is 0 Å². The second kappa shape index (κ2) is 16.8. The maximum atomic E-state index is 13.8. The van der Waals surface area contributed by atoms with E-state index in [1.165, 1.54) is 32.9 Å². The Morgan fingerprint density at radius 3 is 0.940 bits per heavy atom. The summed E-state index contributed by atoms with van der Waals surface area (Å²) >= 11 is 0. The summed E-state index contributed by atoms with van der Waals surface area (Å²) < 4.78 is 13.0. The normalized spacial score (nSPS) is 13.8. The average Bonchev–Trinajstić information content (AvgIpc) is 3.09. The molecule has 0 heterocycles. The Bertz CT molecular complexity index is 1470. The van der Waals surface area contributed by atoms with Gasteiger partial charge >= 0.3 is 11.9 Å². The van der Waals surface area contributed by atoms with Crippen molar-refractivity contribution in [3.8, 4) is 0 Å². The molecule has 4 aromatic rings. The SMILES string of the molecule is CCCC(OC(=O)/C=C/C(=O)OC(CCC)[Si](c1ccccc1)(c1ccccc1)C(C)(C)C)[Si](c1ccccc1)(c1ccccc1)C(C)(C)C. The molecule has 0 aromatic heterocycles. The van der Waals surface area contributed by atoms with Crippen LogP contribution in [0.4, 0.5) is 0 Å². The minimum absolute atomic E-state index is 0.193. The Labute approximate surface area is 303 Å². The van der Waals surface area contributed by atoms with Gasteiger partial charge in [-0.2, -0.15) is 0 Å². The number of hydrogen-bond donors (Lipinski definition) is 0. The summed E-state index contributed by atoms with van der Waals surface area (Å²) in [7, 11) is -5.53. The topological polar surface area (TPSA) is 52.6 Å². The Balaban J connectivity index is 1.71. The van der Waals surface area contributed by atoms with Crippen molar-refractivity contribution in [3.05, 3.63) is 133 Å². The van der Waals surface area contributed by atoms with Gasteiger partial charge in [0.25, 0.3) is 0 Å². The molecule has 0 fully saturated rings. The summed E-state index contributed by atoms with van der Waals surface area (Å²) in [6, 6.07) is 42.2. The molecular formula is C44H56O4Si2. The third-order valence-electron chi connectivity index (χ3n) is 10.2. The van der Waals surface area contributed by atoms with Crippen molar-refractivity contribution in [2.24, 2.45) is 0 Å². The summed E-state index contributed by atoms with van der Waals surface area (Å²) in [5, 5.41) is 4.51. The number of hydrogen-bond acceptors (Lipinski definition) is 4. The zero-order valence-corrected chi connectivity index (χ0v) is 33.3. The predicted molar refractivity (Wildman–Crippen MR) is 214 cm³/mol. The Morgan fingerprint density at radius 2 is 0.740 bits per heavy atom. The van der Waals surface area contributed by atoms with Crippen LogP contribution in [0, 0.1) is 0 Å². The molecule has 0 N–H and O–H groups in total. The first-order valence-corrected chi connectivity index (χ1v) is 22.3. The van der Waals surface area contributed by atoms with Crippen LogP contribution in [0.5, 0.6) is 0 Å². The first-order valence-electron chi connectivity index (χ1n) is 18.1. The monoisotopic (exact) mass is 704 g/mol. The molecule has 0 saturated carbocycles. The van der Waals surface area contributed by atoms with E-state index in [1.807, 2.05) is 24.3 Å². The van der Waals surface area contributed by atoms with Crippen LogP contribution in [0.25, 0.3) is 0 Å². The van der Waals surface area contributed by atoms with Gasteiger partial charge in [0.2, 0.25) is 0 Å². The fourth-order valence-electron chi connectivity index (χ4n) is 8.33. The van der Waals surface area contributed by atoms with Gasteiger partial charge in [0.15, 0.2) is 16.1 Å². The van der Waals surface area contributed by atoms with E-state index < -0.39 is 28.1 Å². The lowest BCUT2D eigenvalue weighted by Crippen LogP contribution is -2.72. The van der Waals surface area contributed by atoms with Crippen LogP contribution in [-0.2, 0) is 19.1 Å². The number of carbonyl (C=O) groups is 2. The summed E-state index contributed by atoms with van der Waals surface area (Å²) in [5.74, 6) is -1.04. The number of carbonyl (C=O) groups excluding carboxylic acids is 2. The van der Waals surface area contributed by atoms with Crippen molar-refractivity contribution >= 4 is 48.8 Å². The molecule has 4 nitrogen and oxygen atoms in total. The highest BCUT2D eigenvalue weighted by atomic mass is 28.3. The van der Waals surface area contributed by atoms with E-state index in [4.69, 9.17) is 9.47 Å². The fourth-order valence-corrected chi connectivity index (χ4v) is 20.8. The molecule has 0 aliphatic heterocycles. The molecule has 0 amide bonds. The highest BCUT2D eigenvalue weighted by Crippen LogP contribution is 2.42. The molecule has 0 saturated heterocycles. The van der Waals surface area contributed by atoms with E-state index in [0.29, 0.717) is 12.8 Å². The second-order valence-corrected chi connectivity index (χ2v) is 25.2. The van der Waals surface area contributed by atoms with Gasteiger partial charge in [-0.25, -0.2) is 9.59 Å². The molecule has 2 atom stereocenters. The maximum absolute atomic E-state index is 13.8. The summed E-state index contributed by atoms with van der Waals surface area (Å²) in [5.41, 5.74) is -0.703. The Hall–Kier alpha value is -4.01. The molecule has 50 heavy (non-hydrogen) atoms. The summed E-state index contributed by atoms with van der Waals surface area (Å²) in [6.07, 6.45) is 5.68. The zero-order valence-electron chi connectivity index (χ0n) is 31.3. The number of esters is 2. The van der Waals surface area contributed by atoms with Crippen molar-refractivity contribution in [3.63, 3.8) is 0 Å². The van der Waals surface area contributed by atoms with E-state index in [2.05, 4.69) is 152 Å². The highest BCUT2D eigenvalue weighted by molar-refractivity contribution is 7.05. The van der Waals surface area contributed by atoms with Crippen LogP contribution < -0.4 is 20.7 Å². The third-order valence-corrected chi connectivity index (χ3v) is 22.7. The molecule has 0 spiro atoms. The van der Waals surface area contributed by atoms with Gasteiger partial charge in [-0.1, -0.05) is 190 Å². The minimum atomic E-state index is -2.76. The largest absolute Gasteiger partial charge is 0.462 e. The smallest absolute Gasteiger partial charge is 0.330 e. The summed E-state index contributed by atoms with van der Waals surface area (Å²) in [6.45, 7) is 17.9. The maximum Gasteiger partial charge on any atom is 0.330 e. The fraction of sp³-hybridized carbons (Fsp3) is 0.364. The Kier molecular flexibility index (Phi) is 13.0. The molecule has 4 aromatic carbocycles. The minimum Gasteiger partial charge on any atom is -0.462 e. The molecule has 0 aliphatic carbocycles. The van der Waals surface area contributed by atoms with Gasteiger partial charge in [0, 0.05) is 12.2 Å². The lowest BCUT2D eigenvalue weighted by atomic mass is 10.2. The van der Waals surface area contributed by atoms with Gasteiger partial charge in [-0.3, -0.25) is 0 Å². The highest BCUT2D eigenvalue weighted by Gasteiger charge is 2.56. The van der Waals surface area contributed by atoms with E-state index in [-0.39, 0.29) is 21.5 Å². The van der Waals surface area contributed by atoms with Crippen LogP contribution >= 0.6 is 0 Å².